The fourth-order valence-electron chi connectivity index (χ4n) is 2.66. The molecular formula is C17H16FN3O3. The number of halogens is 1. The molecule has 2 heterocycles. The Morgan fingerprint density at radius 3 is 2.75 bits per heavy atom. The molecule has 0 bridgehead atoms. The molecule has 1 aromatic carbocycles. The summed E-state index contributed by atoms with van der Waals surface area (Å²) in [4.78, 5) is 38.6. The molecule has 0 saturated heterocycles. The van der Waals surface area contributed by atoms with Crippen molar-refractivity contribution in [3.05, 3.63) is 74.8 Å². The number of carbonyl (C=O) groups excluding carboxylic acids is 1. The van der Waals surface area contributed by atoms with Crippen LogP contribution in [0, 0.1) is 5.82 Å². The number of hydrogen-bond acceptors (Lipinski definition) is 3. The van der Waals surface area contributed by atoms with Gasteiger partial charge in [-0.1, -0.05) is 24.3 Å². The van der Waals surface area contributed by atoms with Gasteiger partial charge in [0.05, 0.1) is 0 Å². The fourth-order valence-corrected chi connectivity index (χ4v) is 2.66. The lowest BCUT2D eigenvalue weighted by molar-refractivity contribution is -0.130. The second kappa shape index (κ2) is 6.66. The van der Waals surface area contributed by atoms with Crippen LogP contribution in [0.5, 0.6) is 0 Å². The monoisotopic (exact) mass is 329 g/mol. The number of nitrogens with zero attached hydrogens (tertiary/aromatic N) is 2. The van der Waals surface area contributed by atoms with Gasteiger partial charge in [-0.3, -0.25) is 14.6 Å². The summed E-state index contributed by atoms with van der Waals surface area (Å²) in [6, 6.07) is 7.70. The number of amides is 1. The summed E-state index contributed by atoms with van der Waals surface area (Å²) in [5, 5.41) is 0. The molecule has 1 N–H and O–H groups in total. The van der Waals surface area contributed by atoms with Gasteiger partial charge >= 0.3 is 5.69 Å². The number of hydrogen-bond donors (Lipinski definition) is 1. The highest BCUT2D eigenvalue weighted by molar-refractivity contribution is 5.82. The summed E-state index contributed by atoms with van der Waals surface area (Å²) in [5.74, 6) is -0.437. The third-order valence-electron chi connectivity index (χ3n) is 3.96. The van der Waals surface area contributed by atoms with Crippen molar-refractivity contribution in [2.45, 2.75) is 13.0 Å². The second-order valence-corrected chi connectivity index (χ2v) is 5.54. The number of H-pyrrole nitrogens is 1. The van der Waals surface area contributed by atoms with Gasteiger partial charge < -0.3 is 9.47 Å². The Morgan fingerprint density at radius 1 is 1.21 bits per heavy atom. The van der Waals surface area contributed by atoms with Gasteiger partial charge in [0, 0.05) is 43.9 Å². The first-order chi connectivity index (χ1) is 11.5. The van der Waals surface area contributed by atoms with Crippen LogP contribution in [-0.4, -0.2) is 33.4 Å². The predicted octanol–water partition coefficient (Wildman–Crippen LogP) is 0.992. The minimum absolute atomic E-state index is 0.129. The Bertz CT molecular complexity index is 914. The van der Waals surface area contributed by atoms with Crippen LogP contribution < -0.4 is 11.2 Å². The molecule has 0 atom stereocenters. The van der Waals surface area contributed by atoms with Crippen LogP contribution >= 0.6 is 0 Å². The zero-order valence-electron chi connectivity index (χ0n) is 12.9. The summed E-state index contributed by atoms with van der Waals surface area (Å²) in [7, 11) is 0. The molecule has 0 spiro atoms. The number of rotatable bonds is 4. The van der Waals surface area contributed by atoms with Gasteiger partial charge in [0.25, 0.3) is 5.56 Å². The molecule has 1 aromatic heterocycles. The Kier molecular flexibility index (Phi) is 4.41. The average molecular weight is 329 g/mol. The molecule has 0 aliphatic carbocycles. The zero-order chi connectivity index (χ0) is 17.1. The van der Waals surface area contributed by atoms with Crippen molar-refractivity contribution >= 4 is 11.5 Å². The average Bonchev–Trinajstić information content (AvgIpc) is 3.04. The summed E-state index contributed by atoms with van der Waals surface area (Å²) in [6.45, 7) is 0.948. The first kappa shape index (κ1) is 15.9. The predicted molar refractivity (Wildman–Crippen MR) is 86.9 cm³/mol. The largest absolute Gasteiger partial charge is 0.335 e. The van der Waals surface area contributed by atoms with E-state index in [2.05, 4.69) is 4.98 Å². The van der Waals surface area contributed by atoms with E-state index in [1.807, 2.05) is 6.08 Å². The van der Waals surface area contributed by atoms with Gasteiger partial charge in [-0.2, -0.15) is 0 Å². The first-order valence-electron chi connectivity index (χ1n) is 7.56. The molecule has 2 aromatic rings. The molecular weight excluding hydrogens is 313 g/mol. The highest BCUT2D eigenvalue weighted by Crippen LogP contribution is 2.23. The quantitative estimate of drug-likeness (QED) is 0.909. The van der Waals surface area contributed by atoms with Gasteiger partial charge in [0.2, 0.25) is 5.91 Å². The van der Waals surface area contributed by atoms with Gasteiger partial charge in [0.15, 0.2) is 0 Å². The topological polar surface area (TPSA) is 75.2 Å². The summed E-state index contributed by atoms with van der Waals surface area (Å²) in [6.07, 6.45) is 3.33. The van der Waals surface area contributed by atoms with E-state index >= 15 is 0 Å². The molecule has 124 valence electrons. The van der Waals surface area contributed by atoms with Crippen LogP contribution in [-0.2, 0) is 11.3 Å². The van der Waals surface area contributed by atoms with Crippen LogP contribution in [0.15, 0.2) is 52.2 Å². The lowest BCUT2D eigenvalue weighted by atomic mass is 10.1. The molecule has 1 amide bonds. The van der Waals surface area contributed by atoms with Crippen LogP contribution in [0.3, 0.4) is 0 Å². The van der Waals surface area contributed by atoms with Crippen molar-refractivity contribution < 1.29 is 9.18 Å². The van der Waals surface area contributed by atoms with Crippen molar-refractivity contribution in [3.63, 3.8) is 0 Å². The van der Waals surface area contributed by atoms with Gasteiger partial charge in [0.1, 0.15) is 5.82 Å². The summed E-state index contributed by atoms with van der Waals surface area (Å²) < 4.78 is 15.1. The maximum absolute atomic E-state index is 13.8. The molecule has 3 rings (SSSR count). The van der Waals surface area contributed by atoms with E-state index in [-0.39, 0.29) is 24.7 Å². The molecule has 0 unspecified atom stereocenters. The normalized spacial score (nSPS) is 13.9. The van der Waals surface area contributed by atoms with E-state index < -0.39 is 11.2 Å². The van der Waals surface area contributed by atoms with E-state index in [4.69, 9.17) is 0 Å². The Balaban J connectivity index is 1.61. The number of aryl methyl sites for hydroxylation is 1. The van der Waals surface area contributed by atoms with Crippen molar-refractivity contribution in [3.8, 4) is 0 Å². The number of carbonyl (C=O) groups is 1. The molecule has 0 radical (unpaired) electrons. The highest BCUT2D eigenvalue weighted by atomic mass is 19.1. The van der Waals surface area contributed by atoms with Gasteiger partial charge in [-0.05, 0) is 11.6 Å². The second-order valence-electron chi connectivity index (χ2n) is 5.54. The lowest BCUT2D eigenvalue weighted by Gasteiger charge is -2.17. The molecule has 1 aliphatic heterocycles. The molecule has 0 fully saturated rings. The minimum Gasteiger partial charge on any atom is -0.335 e. The summed E-state index contributed by atoms with van der Waals surface area (Å²) in [5.41, 5.74) is 0.273. The van der Waals surface area contributed by atoms with E-state index in [9.17, 15) is 18.8 Å². The molecule has 1 aliphatic rings. The van der Waals surface area contributed by atoms with E-state index in [0.717, 1.165) is 5.57 Å². The Morgan fingerprint density at radius 2 is 2.00 bits per heavy atom. The minimum atomic E-state index is -0.540. The van der Waals surface area contributed by atoms with Crippen molar-refractivity contribution in [2.75, 3.05) is 13.1 Å². The smallest absolute Gasteiger partial charge is 0.328 e. The lowest BCUT2D eigenvalue weighted by Crippen LogP contribution is -2.33. The third kappa shape index (κ3) is 3.34. The van der Waals surface area contributed by atoms with E-state index in [1.165, 1.54) is 22.9 Å². The number of aromatic nitrogens is 2. The van der Waals surface area contributed by atoms with Crippen LogP contribution in [0.2, 0.25) is 0 Å². The fraction of sp³-hybridized carbons (Fsp3) is 0.235. The Hall–Kier alpha value is -2.96. The number of benzene rings is 1. The molecule has 7 heteroatoms. The van der Waals surface area contributed by atoms with Gasteiger partial charge in [-0.15, -0.1) is 0 Å². The number of nitrogens with one attached hydrogen (secondary N) is 1. The maximum Gasteiger partial charge on any atom is 0.328 e. The third-order valence-corrected chi connectivity index (χ3v) is 3.96. The van der Waals surface area contributed by atoms with Crippen molar-refractivity contribution in [2.24, 2.45) is 0 Å². The summed E-state index contributed by atoms with van der Waals surface area (Å²) >= 11 is 0. The van der Waals surface area contributed by atoms with Crippen molar-refractivity contribution in [1.82, 2.24) is 14.5 Å². The SMILES string of the molecule is O=C(CCn1ccc(=O)[nH]c1=O)N1CC=C(c2ccccc2F)C1. The molecule has 6 nitrogen and oxygen atoms in total. The van der Waals surface area contributed by atoms with Crippen LogP contribution in [0.4, 0.5) is 4.39 Å². The first-order valence-corrected chi connectivity index (χ1v) is 7.56. The molecule has 0 saturated carbocycles. The van der Waals surface area contributed by atoms with Gasteiger partial charge in [-0.25, -0.2) is 9.18 Å². The standard InChI is InChI=1S/C17H16FN3O3/c18-14-4-2-1-3-13(14)12-5-8-21(11-12)16(23)7-10-20-9-6-15(22)19-17(20)24/h1-6,9H,7-8,10-11H2,(H,19,22,24). The van der Waals surface area contributed by atoms with E-state index in [0.29, 0.717) is 18.7 Å². The molecule has 24 heavy (non-hydrogen) atoms. The zero-order valence-corrected chi connectivity index (χ0v) is 12.9. The Labute approximate surface area is 136 Å². The van der Waals surface area contributed by atoms with Crippen molar-refractivity contribution in [1.29, 1.82) is 0 Å². The number of aromatic amines is 1. The van der Waals surface area contributed by atoms with Crippen LogP contribution in [0.1, 0.15) is 12.0 Å². The maximum atomic E-state index is 13.8. The highest BCUT2D eigenvalue weighted by Gasteiger charge is 2.21. The van der Waals surface area contributed by atoms with E-state index in [1.54, 1.807) is 23.1 Å². The van der Waals surface area contributed by atoms with Crippen LogP contribution in [0.25, 0.3) is 5.57 Å².